The molecule has 9 heteroatoms. The zero-order valence-electron chi connectivity index (χ0n) is 22.6. The molecule has 3 N–H and O–H groups in total. The molecule has 2 aromatic carbocycles. The first-order valence-corrected chi connectivity index (χ1v) is 13.9. The summed E-state index contributed by atoms with van der Waals surface area (Å²) in [5, 5.41) is 14.4. The van der Waals surface area contributed by atoms with Gasteiger partial charge in [0.1, 0.15) is 18.1 Å². The number of benzene rings is 2. The summed E-state index contributed by atoms with van der Waals surface area (Å²) in [4.78, 5) is 41.4. The Morgan fingerprint density at radius 2 is 1.85 bits per heavy atom. The van der Waals surface area contributed by atoms with Crippen molar-refractivity contribution in [2.45, 2.75) is 70.4 Å². The molecule has 1 fully saturated rings. The molecule has 4 aromatic rings. The van der Waals surface area contributed by atoms with Crippen molar-refractivity contribution in [3.05, 3.63) is 72.2 Å². The number of amides is 2. The van der Waals surface area contributed by atoms with Crippen LogP contribution in [0, 0.1) is 0 Å². The summed E-state index contributed by atoms with van der Waals surface area (Å²) in [6, 6.07) is 14.3. The number of nitrogens with one attached hydrogen (secondary N) is 2. The first-order chi connectivity index (χ1) is 19.4. The molecule has 5 rings (SSSR count). The third-order valence-electron chi connectivity index (χ3n) is 7.49. The number of hydrogen-bond donors (Lipinski definition) is 3. The molecular formula is C31H34N4O5. The van der Waals surface area contributed by atoms with Gasteiger partial charge in [0.05, 0.1) is 22.9 Å². The first-order valence-electron chi connectivity index (χ1n) is 13.9. The van der Waals surface area contributed by atoms with E-state index in [1.54, 1.807) is 43.7 Å². The van der Waals surface area contributed by atoms with Gasteiger partial charge in [-0.05, 0) is 74.6 Å². The number of imidazole rings is 1. The molecule has 1 aliphatic rings. The van der Waals surface area contributed by atoms with E-state index in [0.717, 1.165) is 40.8 Å². The Kier molecular flexibility index (Phi) is 8.28. The number of carbonyl (C=O) groups excluding carboxylic acids is 2. The van der Waals surface area contributed by atoms with E-state index in [1.807, 2.05) is 24.3 Å². The van der Waals surface area contributed by atoms with Crippen LogP contribution < -0.4 is 10.6 Å². The van der Waals surface area contributed by atoms with Crippen molar-refractivity contribution in [1.82, 2.24) is 14.9 Å². The van der Waals surface area contributed by atoms with Crippen molar-refractivity contribution >= 4 is 34.5 Å². The van der Waals surface area contributed by atoms with E-state index < -0.39 is 12.0 Å². The van der Waals surface area contributed by atoms with Crippen LogP contribution in [0.1, 0.15) is 73.8 Å². The molecule has 0 saturated heterocycles. The zero-order valence-corrected chi connectivity index (χ0v) is 22.6. The van der Waals surface area contributed by atoms with Gasteiger partial charge >= 0.3 is 5.97 Å². The van der Waals surface area contributed by atoms with Crippen LogP contribution in [0.3, 0.4) is 0 Å². The highest BCUT2D eigenvalue weighted by Crippen LogP contribution is 2.36. The molecule has 2 aromatic heterocycles. The molecule has 9 nitrogen and oxygen atoms in total. The van der Waals surface area contributed by atoms with E-state index in [0.29, 0.717) is 30.1 Å². The molecule has 0 bridgehead atoms. The van der Waals surface area contributed by atoms with Gasteiger partial charge in [-0.3, -0.25) is 14.4 Å². The van der Waals surface area contributed by atoms with E-state index in [-0.39, 0.29) is 18.2 Å². The Bertz CT molecular complexity index is 1480. The second-order valence-electron chi connectivity index (χ2n) is 10.4. The van der Waals surface area contributed by atoms with Gasteiger partial charge in [-0.15, -0.1) is 0 Å². The highest BCUT2D eigenvalue weighted by molar-refractivity contribution is 6.02. The lowest BCUT2D eigenvalue weighted by Crippen LogP contribution is -2.41. The maximum absolute atomic E-state index is 13.1. The molecule has 1 unspecified atom stereocenters. The molecule has 0 aliphatic heterocycles. The number of fused-ring (bicyclic) bond motifs is 1. The van der Waals surface area contributed by atoms with Crippen molar-refractivity contribution < 1.29 is 23.9 Å². The smallest absolute Gasteiger partial charge is 0.303 e. The van der Waals surface area contributed by atoms with E-state index in [4.69, 9.17) is 14.5 Å². The standard InChI is InChI=1S/C31H34N4O5/c1-20(30(38)33-24-13-10-21(11-14-24)6-5-9-28(36)37)32-31(39)22-12-15-27-26(18-22)34-29(23-16-17-40-19-23)35(27)25-7-3-2-4-8-25/h10-20,25H,2-9H2,1H3,(H,32,39)(H,33,38)(H,36,37). The molecule has 1 saturated carbocycles. The van der Waals surface area contributed by atoms with Crippen molar-refractivity contribution in [2.75, 3.05) is 5.32 Å². The van der Waals surface area contributed by atoms with Gasteiger partial charge in [-0.2, -0.15) is 0 Å². The van der Waals surface area contributed by atoms with Crippen LogP contribution in [-0.2, 0) is 16.0 Å². The molecule has 0 radical (unpaired) electrons. The lowest BCUT2D eigenvalue weighted by molar-refractivity contribution is -0.137. The normalized spacial score (nSPS) is 14.6. The highest BCUT2D eigenvalue weighted by atomic mass is 16.4. The summed E-state index contributed by atoms with van der Waals surface area (Å²) in [6.45, 7) is 1.64. The fourth-order valence-corrected chi connectivity index (χ4v) is 5.34. The van der Waals surface area contributed by atoms with Gasteiger partial charge in [-0.25, -0.2) is 4.98 Å². The van der Waals surface area contributed by atoms with Crippen LogP contribution in [0.25, 0.3) is 22.4 Å². The number of aryl methyl sites for hydroxylation is 1. The number of anilines is 1. The molecular weight excluding hydrogens is 508 g/mol. The van der Waals surface area contributed by atoms with E-state index in [9.17, 15) is 14.4 Å². The van der Waals surface area contributed by atoms with Crippen LogP contribution in [0.4, 0.5) is 5.69 Å². The average molecular weight is 543 g/mol. The van der Waals surface area contributed by atoms with Crippen molar-refractivity contribution in [1.29, 1.82) is 0 Å². The van der Waals surface area contributed by atoms with Crippen LogP contribution in [0.5, 0.6) is 0 Å². The van der Waals surface area contributed by atoms with Crippen molar-refractivity contribution in [3.8, 4) is 11.4 Å². The van der Waals surface area contributed by atoms with Gasteiger partial charge in [0.15, 0.2) is 0 Å². The minimum atomic E-state index is -0.812. The molecule has 2 heterocycles. The minimum absolute atomic E-state index is 0.122. The lowest BCUT2D eigenvalue weighted by atomic mass is 9.95. The van der Waals surface area contributed by atoms with Gasteiger partial charge < -0.3 is 24.7 Å². The van der Waals surface area contributed by atoms with Gasteiger partial charge in [-0.1, -0.05) is 31.4 Å². The molecule has 1 aliphatic carbocycles. The van der Waals surface area contributed by atoms with Crippen LogP contribution >= 0.6 is 0 Å². The van der Waals surface area contributed by atoms with Gasteiger partial charge in [0.2, 0.25) is 5.91 Å². The fraction of sp³-hybridized carbons (Fsp3) is 0.355. The highest BCUT2D eigenvalue weighted by Gasteiger charge is 2.24. The molecule has 1 atom stereocenters. The third kappa shape index (κ3) is 6.25. The number of furan rings is 1. The summed E-state index contributed by atoms with van der Waals surface area (Å²) in [6.07, 6.45) is 10.5. The molecule has 2 amide bonds. The number of carboxylic acids is 1. The van der Waals surface area contributed by atoms with E-state index in [2.05, 4.69) is 15.2 Å². The Morgan fingerprint density at radius 3 is 2.55 bits per heavy atom. The van der Waals surface area contributed by atoms with Crippen molar-refractivity contribution in [3.63, 3.8) is 0 Å². The average Bonchev–Trinajstić information content (AvgIpc) is 3.62. The van der Waals surface area contributed by atoms with Crippen molar-refractivity contribution in [2.24, 2.45) is 0 Å². The number of aromatic nitrogens is 2. The second-order valence-corrected chi connectivity index (χ2v) is 10.4. The summed E-state index contributed by atoms with van der Waals surface area (Å²) in [7, 11) is 0. The van der Waals surface area contributed by atoms with Crippen LogP contribution in [0.2, 0.25) is 0 Å². The Morgan fingerprint density at radius 1 is 1.07 bits per heavy atom. The Labute approximate surface area is 232 Å². The number of hydrogen-bond acceptors (Lipinski definition) is 5. The maximum Gasteiger partial charge on any atom is 0.303 e. The van der Waals surface area contributed by atoms with Crippen LogP contribution in [-0.4, -0.2) is 38.5 Å². The fourth-order valence-electron chi connectivity index (χ4n) is 5.34. The predicted octanol–water partition coefficient (Wildman–Crippen LogP) is 5.97. The monoisotopic (exact) mass is 542 g/mol. The second kappa shape index (κ2) is 12.2. The molecule has 208 valence electrons. The first kappa shape index (κ1) is 27.2. The Balaban J connectivity index is 1.26. The minimum Gasteiger partial charge on any atom is -0.481 e. The SMILES string of the molecule is CC(NC(=O)c1ccc2c(c1)nc(-c1ccoc1)n2C1CCCCC1)C(=O)Nc1ccc(CCCC(=O)O)cc1. The molecule has 40 heavy (non-hydrogen) atoms. The summed E-state index contributed by atoms with van der Waals surface area (Å²) in [5.41, 5.74) is 4.66. The van der Waals surface area contributed by atoms with Crippen LogP contribution in [0.15, 0.2) is 65.5 Å². The largest absolute Gasteiger partial charge is 0.481 e. The number of carbonyl (C=O) groups is 3. The zero-order chi connectivity index (χ0) is 28.1. The van der Waals surface area contributed by atoms with E-state index in [1.165, 1.54) is 19.3 Å². The topological polar surface area (TPSA) is 126 Å². The predicted molar refractivity (Wildman–Crippen MR) is 152 cm³/mol. The number of carboxylic acid groups (broad SMARTS) is 1. The Hall–Kier alpha value is -4.40. The number of nitrogens with zero attached hydrogens (tertiary/aromatic N) is 2. The summed E-state index contributed by atoms with van der Waals surface area (Å²) >= 11 is 0. The lowest BCUT2D eigenvalue weighted by Gasteiger charge is -2.25. The summed E-state index contributed by atoms with van der Waals surface area (Å²) in [5.74, 6) is -0.658. The maximum atomic E-state index is 13.1. The number of aliphatic carboxylic acids is 1. The quantitative estimate of drug-likeness (QED) is 0.227. The third-order valence-corrected chi connectivity index (χ3v) is 7.49. The van der Waals surface area contributed by atoms with Gasteiger partial charge in [0, 0.05) is 23.7 Å². The number of rotatable bonds is 10. The van der Waals surface area contributed by atoms with Gasteiger partial charge in [0.25, 0.3) is 5.91 Å². The van der Waals surface area contributed by atoms with E-state index >= 15 is 0 Å². The summed E-state index contributed by atoms with van der Waals surface area (Å²) < 4.78 is 7.62. The molecule has 0 spiro atoms.